The summed E-state index contributed by atoms with van der Waals surface area (Å²) in [5.74, 6) is 0. The number of rotatable bonds is 5. The minimum Gasteiger partial charge on any atom is -0.472 e. The number of nitrogens with two attached hydrogens (primary N) is 1. The molecule has 0 unspecified atom stereocenters. The third-order valence-corrected chi connectivity index (χ3v) is 3.20. The molecule has 3 heteroatoms. The zero-order chi connectivity index (χ0) is 13.0. The van der Waals surface area contributed by atoms with Crippen molar-refractivity contribution in [2.24, 2.45) is 5.73 Å². The van der Waals surface area contributed by atoms with Gasteiger partial charge in [-0.3, -0.25) is 0 Å². The molecule has 0 radical (unpaired) electrons. The molecule has 2 rings (SSSR count). The molecular weight excluding hydrogens is 224 g/mol. The third-order valence-electron chi connectivity index (χ3n) is 3.20. The minimum atomic E-state index is 0.137. The largest absolute Gasteiger partial charge is 0.472 e. The molecule has 0 aliphatic rings. The van der Waals surface area contributed by atoms with Gasteiger partial charge in [0.15, 0.2) is 0 Å². The highest BCUT2D eigenvalue weighted by molar-refractivity contribution is 5.47. The van der Waals surface area contributed by atoms with Gasteiger partial charge in [0.1, 0.15) is 0 Å². The van der Waals surface area contributed by atoms with Crippen LogP contribution >= 0.6 is 0 Å². The number of hydrogen-bond donors (Lipinski definition) is 1. The molecule has 1 aromatic carbocycles. The highest BCUT2D eigenvalue weighted by Crippen LogP contribution is 2.20. The lowest BCUT2D eigenvalue weighted by Crippen LogP contribution is -2.16. The molecule has 2 aromatic rings. The van der Waals surface area contributed by atoms with Gasteiger partial charge in [-0.2, -0.15) is 0 Å². The van der Waals surface area contributed by atoms with E-state index in [0.29, 0.717) is 0 Å². The lowest BCUT2D eigenvalue weighted by molar-refractivity contribution is 0.563. The molecule has 0 fully saturated rings. The Morgan fingerprint density at radius 3 is 2.50 bits per heavy atom. The van der Waals surface area contributed by atoms with Gasteiger partial charge in [-0.1, -0.05) is 19.1 Å². The first kappa shape index (κ1) is 12.7. The Bertz CT molecular complexity index is 462. The van der Waals surface area contributed by atoms with Crippen LogP contribution in [0.3, 0.4) is 0 Å². The van der Waals surface area contributed by atoms with E-state index in [1.165, 1.54) is 16.8 Å². The maximum Gasteiger partial charge on any atom is 0.0952 e. The van der Waals surface area contributed by atoms with Crippen molar-refractivity contribution >= 4 is 5.69 Å². The summed E-state index contributed by atoms with van der Waals surface area (Å²) in [5, 5.41) is 0. The summed E-state index contributed by atoms with van der Waals surface area (Å²) in [6.45, 7) is 2.94. The second-order valence-electron chi connectivity index (χ2n) is 4.59. The fourth-order valence-electron chi connectivity index (χ4n) is 1.96. The Morgan fingerprint density at radius 1 is 1.22 bits per heavy atom. The molecule has 0 saturated carbocycles. The highest BCUT2D eigenvalue weighted by Gasteiger charge is 2.06. The number of benzene rings is 1. The zero-order valence-corrected chi connectivity index (χ0v) is 11.0. The summed E-state index contributed by atoms with van der Waals surface area (Å²) in [6, 6.07) is 10.6. The molecule has 0 aliphatic heterocycles. The number of anilines is 1. The molecule has 96 valence electrons. The van der Waals surface area contributed by atoms with Crippen molar-refractivity contribution in [3.63, 3.8) is 0 Å². The smallest absolute Gasteiger partial charge is 0.0952 e. The van der Waals surface area contributed by atoms with E-state index in [4.69, 9.17) is 10.2 Å². The molecule has 0 saturated heterocycles. The van der Waals surface area contributed by atoms with Gasteiger partial charge in [0.05, 0.1) is 12.5 Å². The Morgan fingerprint density at radius 2 is 1.94 bits per heavy atom. The maximum absolute atomic E-state index is 6.00. The van der Waals surface area contributed by atoms with Gasteiger partial charge in [0, 0.05) is 30.9 Å². The van der Waals surface area contributed by atoms with Crippen LogP contribution in [0, 0.1) is 0 Å². The van der Waals surface area contributed by atoms with Crippen molar-refractivity contribution < 1.29 is 4.42 Å². The predicted octanol–water partition coefficient (Wildman–Crippen LogP) is 3.33. The Hall–Kier alpha value is -1.74. The highest BCUT2D eigenvalue weighted by atomic mass is 16.3. The van der Waals surface area contributed by atoms with Crippen LogP contribution < -0.4 is 10.6 Å². The molecule has 0 aliphatic carbocycles. The van der Waals surface area contributed by atoms with Crippen LogP contribution in [0.1, 0.15) is 30.5 Å². The fraction of sp³-hybridized carbons (Fsp3) is 0.333. The number of nitrogens with zero attached hydrogens (tertiary/aromatic N) is 1. The molecule has 1 heterocycles. The molecule has 2 N–H and O–H groups in total. The molecule has 1 aromatic heterocycles. The Labute approximate surface area is 108 Å². The average molecular weight is 244 g/mol. The van der Waals surface area contributed by atoms with E-state index in [-0.39, 0.29) is 6.04 Å². The lowest BCUT2D eigenvalue weighted by atomic mass is 10.1. The summed E-state index contributed by atoms with van der Waals surface area (Å²) in [6.07, 6.45) is 4.44. The first-order valence-electron chi connectivity index (χ1n) is 6.28. The monoisotopic (exact) mass is 244 g/mol. The van der Waals surface area contributed by atoms with Crippen molar-refractivity contribution in [1.82, 2.24) is 0 Å². The first-order valence-corrected chi connectivity index (χ1v) is 6.28. The summed E-state index contributed by atoms with van der Waals surface area (Å²) < 4.78 is 5.07. The van der Waals surface area contributed by atoms with Crippen molar-refractivity contribution in [2.75, 3.05) is 11.9 Å². The molecular formula is C15H20N2O. The van der Waals surface area contributed by atoms with Crippen LogP contribution in [-0.4, -0.2) is 7.05 Å². The van der Waals surface area contributed by atoms with Crippen LogP contribution in [0.25, 0.3) is 0 Å². The van der Waals surface area contributed by atoms with E-state index in [1.807, 2.05) is 6.07 Å². The SMILES string of the molecule is CC[C@H](N)c1ccc(N(C)Cc2ccoc2)cc1. The standard InChI is InChI=1S/C15H20N2O/c1-3-15(16)13-4-6-14(7-5-13)17(2)10-12-8-9-18-11-12/h4-9,11,15H,3,10,16H2,1-2H3/t15-/m0/s1. The van der Waals surface area contributed by atoms with Gasteiger partial charge in [0.25, 0.3) is 0 Å². The zero-order valence-electron chi connectivity index (χ0n) is 11.0. The fourth-order valence-corrected chi connectivity index (χ4v) is 1.96. The van der Waals surface area contributed by atoms with E-state index in [1.54, 1.807) is 12.5 Å². The normalized spacial score (nSPS) is 12.4. The molecule has 0 amide bonds. The van der Waals surface area contributed by atoms with Gasteiger partial charge < -0.3 is 15.1 Å². The van der Waals surface area contributed by atoms with Crippen LogP contribution in [0.4, 0.5) is 5.69 Å². The van der Waals surface area contributed by atoms with E-state index in [0.717, 1.165) is 13.0 Å². The van der Waals surface area contributed by atoms with Crippen LogP contribution in [-0.2, 0) is 6.54 Å². The van der Waals surface area contributed by atoms with Crippen molar-refractivity contribution in [2.45, 2.75) is 25.9 Å². The Balaban J connectivity index is 2.04. The number of furan rings is 1. The quantitative estimate of drug-likeness (QED) is 0.877. The van der Waals surface area contributed by atoms with Crippen LogP contribution in [0.2, 0.25) is 0 Å². The second kappa shape index (κ2) is 5.74. The molecule has 0 spiro atoms. The van der Waals surface area contributed by atoms with E-state index in [9.17, 15) is 0 Å². The van der Waals surface area contributed by atoms with E-state index in [2.05, 4.69) is 43.1 Å². The molecule has 0 bridgehead atoms. The number of hydrogen-bond acceptors (Lipinski definition) is 3. The predicted molar refractivity (Wildman–Crippen MR) is 74.5 cm³/mol. The molecule has 3 nitrogen and oxygen atoms in total. The Kier molecular flexibility index (Phi) is 4.05. The lowest BCUT2D eigenvalue weighted by Gasteiger charge is -2.19. The first-order chi connectivity index (χ1) is 8.70. The summed E-state index contributed by atoms with van der Waals surface area (Å²) in [4.78, 5) is 2.19. The van der Waals surface area contributed by atoms with Gasteiger partial charge >= 0.3 is 0 Å². The second-order valence-corrected chi connectivity index (χ2v) is 4.59. The maximum atomic E-state index is 6.00. The summed E-state index contributed by atoms with van der Waals surface area (Å²) in [7, 11) is 2.07. The topological polar surface area (TPSA) is 42.4 Å². The van der Waals surface area contributed by atoms with Crippen LogP contribution in [0.5, 0.6) is 0 Å². The van der Waals surface area contributed by atoms with Crippen molar-refractivity contribution in [3.8, 4) is 0 Å². The van der Waals surface area contributed by atoms with Gasteiger partial charge in [0.2, 0.25) is 0 Å². The van der Waals surface area contributed by atoms with Gasteiger partial charge in [-0.25, -0.2) is 0 Å². The van der Waals surface area contributed by atoms with Gasteiger partial charge in [-0.15, -0.1) is 0 Å². The van der Waals surface area contributed by atoms with Gasteiger partial charge in [-0.05, 0) is 30.2 Å². The van der Waals surface area contributed by atoms with Crippen molar-refractivity contribution in [1.29, 1.82) is 0 Å². The minimum absolute atomic E-state index is 0.137. The van der Waals surface area contributed by atoms with Crippen molar-refractivity contribution in [3.05, 3.63) is 54.0 Å². The summed E-state index contributed by atoms with van der Waals surface area (Å²) in [5.41, 5.74) is 9.55. The third kappa shape index (κ3) is 2.93. The summed E-state index contributed by atoms with van der Waals surface area (Å²) >= 11 is 0. The van der Waals surface area contributed by atoms with E-state index < -0.39 is 0 Å². The molecule has 1 atom stereocenters. The van der Waals surface area contributed by atoms with Crippen LogP contribution in [0.15, 0.2) is 47.3 Å². The molecule has 18 heavy (non-hydrogen) atoms. The van der Waals surface area contributed by atoms with E-state index >= 15 is 0 Å². The average Bonchev–Trinajstić information content (AvgIpc) is 2.91.